The lowest BCUT2D eigenvalue weighted by atomic mass is 10.2. The second-order valence-electron chi connectivity index (χ2n) is 4.79. The van der Waals surface area contributed by atoms with Gasteiger partial charge in [-0.25, -0.2) is 0 Å². The highest BCUT2D eigenvalue weighted by Gasteiger charge is 2.14. The Balaban J connectivity index is 1.51. The van der Waals surface area contributed by atoms with Crippen molar-refractivity contribution in [2.45, 2.75) is 11.3 Å². The van der Waals surface area contributed by atoms with Gasteiger partial charge in [-0.05, 0) is 30.3 Å². The van der Waals surface area contributed by atoms with E-state index >= 15 is 0 Å². The minimum Gasteiger partial charge on any atom is -0.454 e. The zero-order valence-corrected chi connectivity index (χ0v) is 14.3. The van der Waals surface area contributed by atoms with Crippen molar-refractivity contribution in [3.8, 4) is 11.5 Å². The Kier molecular flexibility index (Phi) is 5.20. The molecule has 0 saturated heterocycles. The number of ether oxygens (including phenoxy) is 2. The van der Waals surface area contributed by atoms with Gasteiger partial charge in [0.05, 0.1) is 5.02 Å². The number of hydrogen-bond acceptors (Lipinski definition) is 4. The van der Waals surface area contributed by atoms with Crippen LogP contribution in [-0.2, 0) is 4.79 Å². The molecule has 4 nitrogen and oxygen atoms in total. The third-order valence-corrected chi connectivity index (χ3v) is 4.87. The third-order valence-electron chi connectivity index (χ3n) is 3.14. The number of amides is 1. The van der Waals surface area contributed by atoms with Crippen LogP contribution in [-0.4, -0.2) is 18.5 Å². The van der Waals surface area contributed by atoms with Gasteiger partial charge in [-0.3, -0.25) is 4.79 Å². The molecule has 1 aliphatic heterocycles. The van der Waals surface area contributed by atoms with Gasteiger partial charge in [0.1, 0.15) is 0 Å². The fourth-order valence-corrected chi connectivity index (χ4v) is 3.48. The number of rotatable bonds is 5. The summed E-state index contributed by atoms with van der Waals surface area (Å²) in [6, 6.07) is 10.6. The normalized spacial score (nSPS) is 12.3. The molecule has 3 rings (SSSR count). The number of anilines is 1. The Bertz CT molecular complexity index is 739. The van der Waals surface area contributed by atoms with E-state index in [4.69, 9.17) is 32.7 Å². The highest BCUT2D eigenvalue weighted by atomic mass is 35.5. The Labute approximate surface area is 148 Å². The molecule has 0 unspecified atom stereocenters. The van der Waals surface area contributed by atoms with Gasteiger partial charge in [0, 0.05) is 33.8 Å². The van der Waals surface area contributed by atoms with Crippen LogP contribution in [0.5, 0.6) is 11.5 Å². The number of fused-ring (bicyclic) bond motifs is 1. The van der Waals surface area contributed by atoms with Crippen molar-refractivity contribution in [2.75, 3.05) is 17.9 Å². The molecule has 1 amide bonds. The number of hydrogen-bond donors (Lipinski definition) is 1. The van der Waals surface area contributed by atoms with E-state index in [1.165, 1.54) is 11.8 Å². The number of carbonyl (C=O) groups excluding carboxylic acids is 1. The van der Waals surface area contributed by atoms with E-state index < -0.39 is 0 Å². The van der Waals surface area contributed by atoms with Crippen molar-refractivity contribution in [2.24, 2.45) is 0 Å². The summed E-state index contributed by atoms with van der Waals surface area (Å²) in [5.41, 5.74) is 0.685. The van der Waals surface area contributed by atoms with E-state index in [9.17, 15) is 4.79 Å². The summed E-state index contributed by atoms with van der Waals surface area (Å²) in [6.45, 7) is 0.212. The number of halogens is 2. The molecule has 1 N–H and O–H groups in total. The van der Waals surface area contributed by atoms with Crippen LogP contribution in [0, 0.1) is 0 Å². The van der Waals surface area contributed by atoms with Gasteiger partial charge in [-0.1, -0.05) is 23.2 Å². The average Bonchev–Trinajstić information content (AvgIpc) is 2.98. The molecule has 0 atom stereocenters. The summed E-state index contributed by atoms with van der Waals surface area (Å²) in [5, 5.41) is 4.10. The van der Waals surface area contributed by atoms with E-state index in [0.29, 0.717) is 39.4 Å². The van der Waals surface area contributed by atoms with Crippen LogP contribution in [0.3, 0.4) is 0 Å². The first-order valence-electron chi connectivity index (χ1n) is 6.89. The summed E-state index contributed by atoms with van der Waals surface area (Å²) < 4.78 is 10.5. The van der Waals surface area contributed by atoms with Crippen LogP contribution in [0.25, 0.3) is 0 Å². The molecule has 0 spiro atoms. The van der Waals surface area contributed by atoms with E-state index in [1.54, 1.807) is 36.4 Å². The molecule has 1 heterocycles. The lowest BCUT2D eigenvalue weighted by Crippen LogP contribution is -2.12. The van der Waals surface area contributed by atoms with Gasteiger partial charge in [0.25, 0.3) is 0 Å². The molecule has 0 radical (unpaired) electrons. The van der Waals surface area contributed by atoms with Gasteiger partial charge in [-0.2, -0.15) is 0 Å². The molecule has 0 fully saturated rings. The molecule has 2 aromatic rings. The van der Waals surface area contributed by atoms with Crippen molar-refractivity contribution in [1.29, 1.82) is 0 Å². The van der Waals surface area contributed by atoms with E-state index in [1.807, 2.05) is 0 Å². The fourth-order valence-electron chi connectivity index (χ4n) is 2.04. The molecule has 23 heavy (non-hydrogen) atoms. The third kappa shape index (κ3) is 4.25. The maximum Gasteiger partial charge on any atom is 0.231 e. The minimum absolute atomic E-state index is 0.0745. The SMILES string of the molecule is O=C(CCSc1cc(Cl)ccc1Cl)Nc1ccc2c(c1)OCO2. The van der Waals surface area contributed by atoms with Crippen LogP contribution in [0.2, 0.25) is 10.0 Å². The molecule has 0 aromatic heterocycles. The standard InChI is InChI=1S/C16H13Cl2NO3S/c17-10-1-3-12(18)15(7-10)23-6-5-16(20)19-11-2-4-13-14(8-11)22-9-21-13/h1-4,7-8H,5-6,9H2,(H,19,20). The van der Waals surface area contributed by atoms with Crippen molar-refractivity contribution in [3.05, 3.63) is 46.4 Å². The topological polar surface area (TPSA) is 47.6 Å². The quantitative estimate of drug-likeness (QED) is 0.765. The number of nitrogens with one attached hydrogen (secondary N) is 1. The number of benzene rings is 2. The Morgan fingerprint density at radius 1 is 1.13 bits per heavy atom. The average molecular weight is 370 g/mol. The molecular weight excluding hydrogens is 357 g/mol. The highest BCUT2D eigenvalue weighted by Crippen LogP contribution is 2.34. The van der Waals surface area contributed by atoms with Gasteiger partial charge < -0.3 is 14.8 Å². The lowest BCUT2D eigenvalue weighted by molar-refractivity contribution is -0.115. The summed E-state index contributed by atoms with van der Waals surface area (Å²) in [4.78, 5) is 12.9. The van der Waals surface area contributed by atoms with Crippen molar-refractivity contribution < 1.29 is 14.3 Å². The van der Waals surface area contributed by atoms with Crippen molar-refractivity contribution in [3.63, 3.8) is 0 Å². The molecule has 1 aliphatic rings. The smallest absolute Gasteiger partial charge is 0.231 e. The predicted molar refractivity (Wildman–Crippen MR) is 93.0 cm³/mol. The molecule has 2 aromatic carbocycles. The zero-order chi connectivity index (χ0) is 16.2. The molecule has 120 valence electrons. The van der Waals surface area contributed by atoms with Crippen molar-refractivity contribution >= 4 is 46.6 Å². The number of thioether (sulfide) groups is 1. The van der Waals surface area contributed by atoms with E-state index in [2.05, 4.69) is 5.32 Å². The van der Waals surface area contributed by atoms with Gasteiger partial charge in [0.2, 0.25) is 12.7 Å². The van der Waals surface area contributed by atoms with E-state index in [-0.39, 0.29) is 12.7 Å². The first kappa shape index (κ1) is 16.3. The van der Waals surface area contributed by atoms with Crippen molar-refractivity contribution in [1.82, 2.24) is 0 Å². The molecule has 0 saturated carbocycles. The molecular formula is C16H13Cl2NO3S. The van der Waals surface area contributed by atoms with Crippen LogP contribution >= 0.6 is 35.0 Å². The Hall–Kier alpha value is -1.56. The molecule has 0 bridgehead atoms. The fraction of sp³-hybridized carbons (Fsp3) is 0.188. The first-order chi connectivity index (χ1) is 11.1. The lowest BCUT2D eigenvalue weighted by Gasteiger charge is -2.07. The minimum atomic E-state index is -0.0745. The predicted octanol–water partition coefficient (Wildman–Crippen LogP) is 4.84. The summed E-state index contributed by atoms with van der Waals surface area (Å²) in [6.07, 6.45) is 0.363. The maximum absolute atomic E-state index is 12.0. The second kappa shape index (κ2) is 7.34. The summed E-state index contributed by atoms with van der Waals surface area (Å²) >= 11 is 13.5. The zero-order valence-electron chi connectivity index (χ0n) is 12.0. The largest absolute Gasteiger partial charge is 0.454 e. The summed E-state index contributed by atoms with van der Waals surface area (Å²) in [7, 11) is 0. The Morgan fingerprint density at radius 3 is 2.83 bits per heavy atom. The van der Waals surface area contributed by atoms with Crippen LogP contribution in [0.4, 0.5) is 5.69 Å². The van der Waals surface area contributed by atoms with Crippen LogP contribution in [0.1, 0.15) is 6.42 Å². The van der Waals surface area contributed by atoms with Gasteiger partial charge in [-0.15, -0.1) is 11.8 Å². The maximum atomic E-state index is 12.0. The number of carbonyl (C=O) groups is 1. The molecule has 7 heteroatoms. The first-order valence-corrected chi connectivity index (χ1v) is 8.63. The Morgan fingerprint density at radius 2 is 1.96 bits per heavy atom. The van der Waals surface area contributed by atoms with Gasteiger partial charge in [0.15, 0.2) is 11.5 Å². The van der Waals surface area contributed by atoms with Crippen LogP contribution < -0.4 is 14.8 Å². The van der Waals surface area contributed by atoms with Crippen LogP contribution in [0.15, 0.2) is 41.3 Å². The summed E-state index contributed by atoms with van der Waals surface area (Å²) in [5.74, 6) is 1.86. The highest BCUT2D eigenvalue weighted by molar-refractivity contribution is 7.99. The van der Waals surface area contributed by atoms with E-state index in [0.717, 1.165) is 4.90 Å². The second-order valence-corrected chi connectivity index (χ2v) is 6.77. The monoisotopic (exact) mass is 369 g/mol. The van der Waals surface area contributed by atoms with Gasteiger partial charge >= 0.3 is 0 Å². The molecule has 0 aliphatic carbocycles.